The highest BCUT2D eigenvalue weighted by atomic mass is 15.2. The van der Waals surface area contributed by atoms with Crippen LogP contribution in [0.4, 0.5) is 0 Å². The standard InChI is InChI=1S/C12H26N2/c1-10(2)6-7-14-8-11(3)13-12(4,5)9-14/h10-11,13H,6-9H2,1-5H3. The van der Waals surface area contributed by atoms with Crippen LogP contribution < -0.4 is 5.32 Å². The van der Waals surface area contributed by atoms with Gasteiger partial charge in [0, 0.05) is 24.7 Å². The molecule has 2 nitrogen and oxygen atoms in total. The van der Waals surface area contributed by atoms with E-state index < -0.39 is 0 Å². The average Bonchev–Trinajstić information content (AvgIpc) is 1.96. The number of nitrogens with zero attached hydrogens (tertiary/aromatic N) is 1. The normalized spacial score (nSPS) is 28.3. The Morgan fingerprint density at radius 2 is 2.07 bits per heavy atom. The third-order valence-electron chi connectivity index (χ3n) is 2.81. The first-order valence-corrected chi connectivity index (χ1v) is 5.89. The summed E-state index contributed by atoms with van der Waals surface area (Å²) in [5.41, 5.74) is 0.286. The molecule has 14 heavy (non-hydrogen) atoms. The van der Waals surface area contributed by atoms with E-state index >= 15 is 0 Å². The van der Waals surface area contributed by atoms with Crippen molar-refractivity contribution in [3.63, 3.8) is 0 Å². The van der Waals surface area contributed by atoms with Crippen LogP contribution in [-0.2, 0) is 0 Å². The van der Waals surface area contributed by atoms with E-state index in [-0.39, 0.29) is 5.54 Å². The second kappa shape index (κ2) is 4.63. The molecular formula is C12H26N2. The van der Waals surface area contributed by atoms with Crippen molar-refractivity contribution in [1.29, 1.82) is 0 Å². The Kier molecular flexibility index (Phi) is 3.96. The highest BCUT2D eigenvalue weighted by molar-refractivity contribution is 4.90. The second-order valence-electron chi connectivity index (χ2n) is 5.85. The molecule has 1 N–H and O–H groups in total. The summed E-state index contributed by atoms with van der Waals surface area (Å²) < 4.78 is 0. The number of hydrogen-bond donors (Lipinski definition) is 1. The summed E-state index contributed by atoms with van der Waals surface area (Å²) in [6.07, 6.45) is 1.32. The molecule has 0 aromatic carbocycles. The SMILES string of the molecule is CC(C)CCN1CC(C)NC(C)(C)C1. The van der Waals surface area contributed by atoms with E-state index in [1.54, 1.807) is 0 Å². The van der Waals surface area contributed by atoms with Crippen molar-refractivity contribution in [2.24, 2.45) is 5.92 Å². The van der Waals surface area contributed by atoms with Crippen LogP contribution >= 0.6 is 0 Å². The van der Waals surface area contributed by atoms with Crippen molar-refractivity contribution >= 4 is 0 Å². The monoisotopic (exact) mass is 198 g/mol. The third kappa shape index (κ3) is 3.97. The third-order valence-corrected chi connectivity index (χ3v) is 2.81. The minimum absolute atomic E-state index is 0.286. The molecule has 0 aromatic heterocycles. The Morgan fingerprint density at radius 3 is 2.57 bits per heavy atom. The molecular weight excluding hydrogens is 172 g/mol. The fraction of sp³-hybridized carbons (Fsp3) is 1.00. The predicted octanol–water partition coefficient (Wildman–Crippen LogP) is 2.10. The zero-order valence-electron chi connectivity index (χ0n) is 10.4. The van der Waals surface area contributed by atoms with Gasteiger partial charge in [0.05, 0.1) is 0 Å². The van der Waals surface area contributed by atoms with Crippen LogP contribution in [-0.4, -0.2) is 36.1 Å². The Hall–Kier alpha value is -0.0800. The van der Waals surface area contributed by atoms with Crippen molar-refractivity contribution in [1.82, 2.24) is 10.2 Å². The second-order valence-corrected chi connectivity index (χ2v) is 5.85. The van der Waals surface area contributed by atoms with Crippen molar-refractivity contribution < 1.29 is 0 Å². The van der Waals surface area contributed by atoms with Gasteiger partial charge in [0.2, 0.25) is 0 Å². The van der Waals surface area contributed by atoms with E-state index in [4.69, 9.17) is 0 Å². The van der Waals surface area contributed by atoms with E-state index in [0.29, 0.717) is 6.04 Å². The molecule has 0 aromatic rings. The van der Waals surface area contributed by atoms with Gasteiger partial charge in [0.15, 0.2) is 0 Å². The van der Waals surface area contributed by atoms with E-state index in [1.165, 1.54) is 26.1 Å². The molecule has 1 atom stereocenters. The van der Waals surface area contributed by atoms with Crippen LogP contribution in [0.15, 0.2) is 0 Å². The first kappa shape index (κ1) is 12.0. The van der Waals surface area contributed by atoms with Gasteiger partial charge in [-0.3, -0.25) is 4.90 Å². The molecule has 0 spiro atoms. The summed E-state index contributed by atoms with van der Waals surface area (Å²) in [5, 5.41) is 3.63. The molecule has 0 bridgehead atoms. The molecule has 1 saturated heterocycles. The van der Waals surface area contributed by atoms with E-state index in [0.717, 1.165) is 5.92 Å². The van der Waals surface area contributed by atoms with Gasteiger partial charge < -0.3 is 5.32 Å². The summed E-state index contributed by atoms with van der Waals surface area (Å²) in [6.45, 7) is 15.1. The Bertz CT molecular complexity index is 175. The number of piperazine rings is 1. The molecule has 0 saturated carbocycles. The number of hydrogen-bond acceptors (Lipinski definition) is 2. The Balaban J connectivity index is 2.38. The number of rotatable bonds is 3. The Labute approximate surface area is 89.1 Å². The van der Waals surface area contributed by atoms with E-state index in [9.17, 15) is 0 Å². The molecule has 84 valence electrons. The fourth-order valence-corrected chi connectivity index (χ4v) is 2.38. The maximum Gasteiger partial charge on any atom is 0.0255 e. The lowest BCUT2D eigenvalue weighted by Crippen LogP contribution is -2.61. The topological polar surface area (TPSA) is 15.3 Å². The van der Waals surface area contributed by atoms with Gasteiger partial charge in [-0.25, -0.2) is 0 Å². The molecule has 1 heterocycles. The lowest BCUT2D eigenvalue weighted by Gasteiger charge is -2.43. The highest BCUT2D eigenvalue weighted by Gasteiger charge is 2.29. The zero-order valence-corrected chi connectivity index (χ0v) is 10.4. The summed E-state index contributed by atoms with van der Waals surface area (Å²) in [6, 6.07) is 0.630. The minimum Gasteiger partial charge on any atom is -0.307 e. The van der Waals surface area contributed by atoms with Crippen LogP contribution in [0.25, 0.3) is 0 Å². The Morgan fingerprint density at radius 1 is 1.43 bits per heavy atom. The molecule has 1 aliphatic rings. The summed E-state index contributed by atoms with van der Waals surface area (Å²) in [4.78, 5) is 2.60. The molecule has 1 unspecified atom stereocenters. The molecule has 0 aliphatic carbocycles. The molecule has 0 amide bonds. The summed E-state index contributed by atoms with van der Waals surface area (Å²) in [5.74, 6) is 0.823. The maximum absolute atomic E-state index is 3.63. The smallest absolute Gasteiger partial charge is 0.0255 e. The van der Waals surface area contributed by atoms with Gasteiger partial charge in [-0.05, 0) is 39.7 Å². The van der Waals surface area contributed by atoms with E-state index in [2.05, 4.69) is 44.8 Å². The van der Waals surface area contributed by atoms with Crippen LogP contribution in [0, 0.1) is 5.92 Å². The first-order valence-electron chi connectivity index (χ1n) is 5.89. The lowest BCUT2D eigenvalue weighted by molar-refractivity contribution is 0.119. The molecule has 1 aliphatic heterocycles. The van der Waals surface area contributed by atoms with Crippen LogP contribution in [0.3, 0.4) is 0 Å². The van der Waals surface area contributed by atoms with Crippen molar-refractivity contribution in [2.45, 2.75) is 52.6 Å². The van der Waals surface area contributed by atoms with Gasteiger partial charge >= 0.3 is 0 Å². The fourth-order valence-electron chi connectivity index (χ4n) is 2.38. The van der Waals surface area contributed by atoms with Crippen molar-refractivity contribution in [3.05, 3.63) is 0 Å². The molecule has 1 rings (SSSR count). The van der Waals surface area contributed by atoms with Crippen molar-refractivity contribution in [2.75, 3.05) is 19.6 Å². The van der Waals surface area contributed by atoms with Gasteiger partial charge in [0.25, 0.3) is 0 Å². The van der Waals surface area contributed by atoms with Crippen LogP contribution in [0.1, 0.15) is 41.0 Å². The van der Waals surface area contributed by atoms with Crippen molar-refractivity contribution in [3.8, 4) is 0 Å². The summed E-state index contributed by atoms with van der Waals surface area (Å²) >= 11 is 0. The largest absolute Gasteiger partial charge is 0.307 e. The highest BCUT2D eigenvalue weighted by Crippen LogP contribution is 2.15. The molecule has 0 radical (unpaired) electrons. The molecule has 1 fully saturated rings. The average molecular weight is 198 g/mol. The van der Waals surface area contributed by atoms with E-state index in [1.807, 2.05) is 0 Å². The first-order chi connectivity index (χ1) is 6.39. The zero-order chi connectivity index (χ0) is 10.8. The molecule has 2 heteroatoms. The minimum atomic E-state index is 0.286. The van der Waals surface area contributed by atoms with Gasteiger partial charge in [-0.1, -0.05) is 13.8 Å². The maximum atomic E-state index is 3.63. The summed E-state index contributed by atoms with van der Waals surface area (Å²) in [7, 11) is 0. The van der Waals surface area contributed by atoms with Gasteiger partial charge in [0.1, 0.15) is 0 Å². The van der Waals surface area contributed by atoms with Crippen LogP contribution in [0.2, 0.25) is 0 Å². The predicted molar refractivity (Wildman–Crippen MR) is 62.6 cm³/mol. The quantitative estimate of drug-likeness (QED) is 0.747. The van der Waals surface area contributed by atoms with Gasteiger partial charge in [-0.15, -0.1) is 0 Å². The van der Waals surface area contributed by atoms with Gasteiger partial charge in [-0.2, -0.15) is 0 Å². The lowest BCUT2D eigenvalue weighted by atomic mass is 9.98. The number of nitrogens with one attached hydrogen (secondary N) is 1. The van der Waals surface area contributed by atoms with Crippen LogP contribution in [0.5, 0.6) is 0 Å².